The van der Waals surface area contributed by atoms with Crippen LogP contribution in [0.4, 0.5) is 15.9 Å². The van der Waals surface area contributed by atoms with Crippen LogP contribution in [0.1, 0.15) is 24.8 Å². The fourth-order valence-electron chi connectivity index (χ4n) is 3.45. The average Bonchev–Trinajstić information content (AvgIpc) is 2.67. The summed E-state index contributed by atoms with van der Waals surface area (Å²) in [5.41, 5.74) is 3.25. The Hall–Kier alpha value is -2.69. The number of para-hydroxylation sites is 1. The number of piperidine rings is 1. The first-order valence-electron chi connectivity index (χ1n) is 8.78. The van der Waals surface area contributed by atoms with Crippen molar-refractivity contribution in [2.75, 3.05) is 23.3 Å². The topological polar surface area (TPSA) is 41.1 Å². The van der Waals surface area contributed by atoms with Gasteiger partial charge in [0.15, 0.2) is 0 Å². The minimum atomic E-state index is -0.279. The molecule has 25 heavy (non-hydrogen) atoms. The van der Waals surface area contributed by atoms with Gasteiger partial charge in [0, 0.05) is 30.7 Å². The van der Waals surface area contributed by atoms with Crippen LogP contribution < -0.4 is 10.2 Å². The normalized spacial score (nSPS) is 14.7. The van der Waals surface area contributed by atoms with Gasteiger partial charge in [-0.25, -0.2) is 14.4 Å². The van der Waals surface area contributed by atoms with Crippen molar-refractivity contribution in [2.45, 2.75) is 25.8 Å². The summed E-state index contributed by atoms with van der Waals surface area (Å²) in [4.78, 5) is 11.0. The standard InChI is InChI=1S/C20H21FN4/c21-16-8-9-18-17(12-16)20(24-14-23-18)22-13-15-6-2-3-7-19(15)25-10-4-1-5-11-25/h2-3,6-9,12,14H,1,4-5,10-11,13H2,(H,22,23,24). The van der Waals surface area contributed by atoms with E-state index in [9.17, 15) is 4.39 Å². The van der Waals surface area contributed by atoms with E-state index in [1.165, 1.54) is 49.0 Å². The third kappa shape index (κ3) is 3.40. The highest BCUT2D eigenvalue weighted by Crippen LogP contribution is 2.26. The fourth-order valence-corrected chi connectivity index (χ4v) is 3.45. The van der Waals surface area contributed by atoms with E-state index in [1.54, 1.807) is 6.07 Å². The van der Waals surface area contributed by atoms with Crippen molar-refractivity contribution in [3.05, 3.63) is 60.2 Å². The zero-order chi connectivity index (χ0) is 17.1. The molecule has 1 N–H and O–H groups in total. The zero-order valence-corrected chi connectivity index (χ0v) is 14.1. The third-order valence-corrected chi connectivity index (χ3v) is 4.73. The molecular formula is C20H21FN4. The molecule has 4 rings (SSSR count). The minimum Gasteiger partial charge on any atom is -0.371 e. The molecule has 1 saturated heterocycles. The number of anilines is 2. The quantitative estimate of drug-likeness (QED) is 0.768. The van der Waals surface area contributed by atoms with Crippen molar-refractivity contribution < 1.29 is 4.39 Å². The predicted molar refractivity (Wildman–Crippen MR) is 99.3 cm³/mol. The smallest absolute Gasteiger partial charge is 0.137 e. The maximum atomic E-state index is 13.6. The first-order chi connectivity index (χ1) is 12.3. The molecule has 1 fully saturated rings. The van der Waals surface area contributed by atoms with Crippen molar-refractivity contribution in [2.24, 2.45) is 0 Å². The molecule has 128 valence electrons. The van der Waals surface area contributed by atoms with Crippen LogP contribution in [-0.2, 0) is 6.54 Å². The van der Waals surface area contributed by atoms with Gasteiger partial charge in [-0.15, -0.1) is 0 Å². The van der Waals surface area contributed by atoms with Crippen molar-refractivity contribution in [3.8, 4) is 0 Å². The maximum Gasteiger partial charge on any atom is 0.137 e. The number of hydrogen-bond acceptors (Lipinski definition) is 4. The Balaban J connectivity index is 1.59. The number of aromatic nitrogens is 2. The monoisotopic (exact) mass is 336 g/mol. The molecule has 1 aromatic heterocycles. The van der Waals surface area contributed by atoms with Gasteiger partial charge in [0.2, 0.25) is 0 Å². The van der Waals surface area contributed by atoms with Gasteiger partial charge in [0.1, 0.15) is 18.0 Å². The molecule has 1 aliphatic rings. The molecule has 4 nitrogen and oxygen atoms in total. The summed E-state index contributed by atoms with van der Waals surface area (Å²) in [5, 5.41) is 4.07. The number of halogens is 1. The molecule has 0 bridgehead atoms. The van der Waals surface area contributed by atoms with E-state index in [0.717, 1.165) is 18.6 Å². The van der Waals surface area contributed by atoms with Gasteiger partial charge in [-0.1, -0.05) is 18.2 Å². The van der Waals surface area contributed by atoms with Crippen LogP contribution in [0.5, 0.6) is 0 Å². The van der Waals surface area contributed by atoms with E-state index in [4.69, 9.17) is 0 Å². The second-order valence-corrected chi connectivity index (χ2v) is 6.41. The van der Waals surface area contributed by atoms with Crippen molar-refractivity contribution >= 4 is 22.4 Å². The maximum absolute atomic E-state index is 13.6. The van der Waals surface area contributed by atoms with Gasteiger partial charge in [-0.3, -0.25) is 0 Å². The van der Waals surface area contributed by atoms with E-state index >= 15 is 0 Å². The van der Waals surface area contributed by atoms with Crippen LogP contribution in [0.2, 0.25) is 0 Å². The second-order valence-electron chi connectivity index (χ2n) is 6.41. The van der Waals surface area contributed by atoms with Gasteiger partial charge in [0.25, 0.3) is 0 Å². The Morgan fingerprint density at radius 1 is 1.00 bits per heavy atom. The second kappa shape index (κ2) is 7.05. The summed E-state index contributed by atoms with van der Waals surface area (Å²) < 4.78 is 13.6. The van der Waals surface area contributed by atoms with E-state index in [2.05, 4.69) is 44.5 Å². The highest BCUT2D eigenvalue weighted by atomic mass is 19.1. The highest BCUT2D eigenvalue weighted by molar-refractivity contribution is 5.88. The Bertz CT molecular complexity index is 874. The summed E-state index contributed by atoms with van der Waals surface area (Å²) >= 11 is 0. The van der Waals surface area contributed by atoms with Gasteiger partial charge in [-0.2, -0.15) is 0 Å². The molecular weight excluding hydrogens is 315 g/mol. The number of benzene rings is 2. The fraction of sp³-hybridized carbons (Fsp3) is 0.300. The summed E-state index contributed by atoms with van der Waals surface area (Å²) in [5.74, 6) is 0.386. The molecule has 0 amide bonds. The molecule has 0 atom stereocenters. The Morgan fingerprint density at radius 3 is 2.72 bits per heavy atom. The third-order valence-electron chi connectivity index (χ3n) is 4.73. The summed E-state index contributed by atoms with van der Waals surface area (Å²) in [6.45, 7) is 2.87. The van der Waals surface area contributed by atoms with Crippen molar-refractivity contribution in [1.82, 2.24) is 9.97 Å². The molecule has 3 aromatic rings. The van der Waals surface area contributed by atoms with Gasteiger partial charge in [-0.05, 0) is 49.1 Å². The van der Waals surface area contributed by atoms with Crippen LogP contribution >= 0.6 is 0 Å². The molecule has 2 aromatic carbocycles. The minimum absolute atomic E-state index is 0.279. The predicted octanol–water partition coefficient (Wildman–Crippen LogP) is 4.37. The van der Waals surface area contributed by atoms with E-state index in [0.29, 0.717) is 17.7 Å². The molecule has 0 unspecified atom stereocenters. The Morgan fingerprint density at radius 2 is 1.84 bits per heavy atom. The van der Waals surface area contributed by atoms with Crippen molar-refractivity contribution in [1.29, 1.82) is 0 Å². The summed E-state index contributed by atoms with van der Waals surface area (Å²) in [6.07, 6.45) is 5.32. The lowest BCUT2D eigenvalue weighted by Gasteiger charge is -2.30. The molecule has 2 heterocycles. The number of rotatable bonds is 4. The number of nitrogens with one attached hydrogen (secondary N) is 1. The van der Waals surface area contributed by atoms with Crippen LogP contribution in [-0.4, -0.2) is 23.1 Å². The SMILES string of the molecule is Fc1ccc2ncnc(NCc3ccccc3N3CCCCC3)c2c1. The first kappa shape index (κ1) is 15.8. The Labute approximate surface area is 146 Å². The molecule has 0 radical (unpaired) electrons. The van der Waals surface area contributed by atoms with E-state index < -0.39 is 0 Å². The summed E-state index contributed by atoms with van der Waals surface area (Å²) in [6, 6.07) is 13.0. The Kier molecular flexibility index (Phi) is 4.46. The van der Waals surface area contributed by atoms with Crippen LogP contribution in [0, 0.1) is 5.82 Å². The molecule has 0 saturated carbocycles. The van der Waals surface area contributed by atoms with Crippen LogP contribution in [0.3, 0.4) is 0 Å². The number of hydrogen-bond donors (Lipinski definition) is 1. The highest BCUT2D eigenvalue weighted by Gasteiger charge is 2.14. The lowest BCUT2D eigenvalue weighted by atomic mass is 10.1. The van der Waals surface area contributed by atoms with Crippen LogP contribution in [0.15, 0.2) is 48.8 Å². The first-order valence-corrected chi connectivity index (χ1v) is 8.78. The van der Waals surface area contributed by atoms with E-state index in [1.807, 2.05) is 0 Å². The van der Waals surface area contributed by atoms with Crippen molar-refractivity contribution in [3.63, 3.8) is 0 Å². The summed E-state index contributed by atoms with van der Waals surface area (Å²) in [7, 11) is 0. The molecule has 1 aliphatic heterocycles. The average molecular weight is 336 g/mol. The van der Waals surface area contributed by atoms with Crippen LogP contribution in [0.25, 0.3) is 10.9 Å². The van der Waals surface area contributed by atoms with Gasteiger partial charge in [0.05, 0.1) is 5.52 Å². The lowest BCUT2D eigenvalue weighted by molar-refractivity contribution is 0.576. The number of nitrogens with zero attached hydrogens (tertiary/aromatic N) is 3. The van der Waals surface area contributed by atoms with Gasteiger partial charge >= 0.3 is 0 Å². The van der Waals surface area contributed by atoms with E-state index in [-0.39, 0.29) is 5.82 Å². The lowest BCUT2D eigenvalue weighted by Crippen LogP contribution is -2.30. The largest absolute Gasteiger partial charge is 0.371 e. The zero-order valence-electron chi connectivity index (χ0n) is 14.1. The number of fused-ring (bicyclic) bond motifs is 1. The molecule has 5 heteroatoms. The molecule has 0 aliphatic carbocycles. The molecule has 0 spiro atoms. The van der Waals surface area contributed by atoms with Gasteiger partial charge < -0.3 is 10.2 Å².